The zero-order valence-corrected chi connectivity index (χ0v) is 30.5. The van der Waals surface area contributed by atoms with Crippen LogP contribution in [0.3, 0.4) is 0 Å². The highest BCUT2D eigenvalue weighted by Gasteiger charge is 2.31. The zero-order valence-electron chi connectivity index (χ0n) is 29.6. The Kier molecular flexibility index (Phi) is 6.53. The van der Waals surface area contributed by atoms with E-state index in [-0.39, 0.29) is 6.17 Å². The summed E-state index contributed by atoms with van der Waals surface area (Å²) in [6.07, 6.45) is -0.190. The van der Waals surface area contributed by atoms with Crippen LogP contribution in [0.4, 0.5) is 5.69 Å². The average molecular weight is 721 g/mol. The summed E-state index contributed by atoms with van der Waals surface area (Å²) in [5.41, 5.74) is 10.4. The fourth-order valence-corrected chi connectivity index (χ4v) is 10.0. The summed E-state index contributed by atoms with van der Waals surface area (Å²) in [7, 11) is 0. The Labute approximate surface area is 320 Å². The predicted octanol–water partition coefficient (Wildman–Crippen LogP) is 13.2. The van der Waals surface area contributed by atoms with Gasteiger partial charge in [0.1, 0.15) is 12.0 Å². The molecule has 0 fully saturated rings. The van der Waals surface area contributed by atoms with E-state index in [1.54, 1.807) is 0 Å². The van der Waals surface area contributed by atoms with Crippen LogP contribution in [0.5, 0.6) is 0 Å². The molecular formula is C50H32N4S. The van der Waals surface area contributed by atoms with E-state index in [9.17, 15) is 0 Å². The van der Waals surface area contributed by atoms with E-state index in [2.05, 4.69) is 196 Å². The lowest BCUT2D eigenvalue weighted by Gasteiger charge is -2.28. The second-order valence-electron chi connectivity index (χ2n) is 14.4. The monoisotopic (exact) mass is 720 g/mol. The summed E-state index contributed by atoms with van der Waals surface area (Å²) in [5.74, 6) is 0.870. The topological polar surface area (TPSA) is 34.2 Å². The lowest BCUT2D eigenvalue weighted by molar-refractivity contribution is 0.589. The third-order valence-electron chi connectivity index (χ3n) is 11.3. The number of nitrogens with one attached hydrogen (secondary N) is 1. The van der Waals surface area contributed by atoms with Crippen LogP contribution in [0.1, 0.15) is 16.6 Å². The van der Waals surface area contributed by atoms with Gasteiger partial charge in [-0.15, -0.1) is 11.3 Å². The van der Waals surface area contributed by atoms with Crippen LogP contribution in [0, 0.1) is 0 Å². The van der Waals surface area contributed by atoms with Gasteiger partial charge >= 0.3 is 0 Å². The van der Waals surface area contributed by atoms with Crippen molar-refractivity contribution in [3.63, 3.8) is 0 Å². The van der Waals surface area contributed by atoms with Gasteiger partial charge in [-0.2, -0.15) is 0 Å². The van der Waals surface area contributed by atoms with E-state index in [4.69, 9.17) is 4.99 Å². The first-order valence-electron chi connectivity index (χ1n) is 18.7. The summed E-state index contributed by atoms with van der Waals surface area (Å²) in [6.45, 7) is 0. The van der Waals surface area contributed by atoms with Crippen molar-refractivity contribution in [2.75, 3.05) is 0 Å². The van der Waals surface area contributed by atoms with Gasteiger partial charge in [-0.05, 0) is 82.6 Å². The van der Waals surface area contributed by atoms with Gasteiger partial charge in [-0.25, -0.2) is 4.99 Å². The summed E-state index contributed by atoms with van der Waals surface area (Å²) in [5, 5.41) is 12.6. The number of benzene rings is 8. The van der Waals surface area contributed by atoms with Crippen molar-refractivity contribution in [1.82, 2.24) is 14.5 Å². The number of fused-ring (bicyclic) bond motifs is 10. The summed E-state index contributed by atoms with van der Waals surface area (Å²) in [6, 6.07) is 65.9. The number of rotatable bonds is 4. The first-order chi connectivity index (χ1) is 27.3. The quantitative estimate of drug-likeness (QED) is 0.193. The van der Waals surface area contributed by atoms with E-state index in [1.165, 1.54) is 80.5 Å². The van der Waals surface area contributed by atoms with Crippen molar-refractivity contribution in [3.05, 3.63) is 192 Å². The number of amidine groups is 1. The standard InChI is InChI=1S/C50H32N4S/c1-3-13-31(14-4-1)34-23-25-39-46(30-34)55-48-47(39)51-49(35-24-26-44-40(28-35)37-19-9-11-21-42(37)53(44)36-17-5-2-6-18-36)52-50(48)54-43-22-12-10-20-38(43)41-27-32-15-7-8-16-33(32)29-45(41)54/h1-30,50H,(H,51,52). The molecule has 0 amide bonds. The zero-order chi connectivity index (χ0) is 36.0. The largest absolute Gasteiger partial charge is 0.345 e. The lowest BCUT2D eigenvalue weighted by atomic mass is 10.0. The van der Waals surface area contributed by atoms with Crippen LogP contribution >= 0.6 is 11.3 Å². The van der Waals surface area contributed by atoms with Gasteiger partial charge in [0.25, 0.3) is 0 Å². The molecule has 5 heteroatoms. The van der Waals surface area contributed by atoms with Gasteiger partial charge in [0, 0.05) is 42.9 Å². The Bertz CT molecular complexity index is 3350. The van der Waals surface area contributed by atoms with Gasteiger partial charge < -0.3 is 14.5 Å². The van der Waals surface area contributed by atoms with Crippen LogP contribution < -0.4 is 5.32 Å². The maximum atomic E-state index is 5.52. The fraction of sp³-hybridized carbons (Fsp3) is 0.0200. The molecule has 1 aliphatic rings. The van der Waals surface area contributed by atoms with E-state index in [0.717, 1.165) is 22.8 Å². The molecular weight excluding hydrogens is 689 g/mol. The van der Waals surface area contributed by atoms with Crippen LogP contribution in [-0.2, 0) is 0 Å². The van der Waals surface area contributed by atoms with Crippen molar-refractivity contribution in [3.8, 4) is 16.8 Å². The van der Waals surface area contributed by atoms with Gasteiger partial charge in [0.2, 0.25) is 0 Å². The maximum absolute atomic E-state index is 5.52. The number of aromatic nitrogens is 2. The van der Waals surface area contributed by atoms with Gasteiger partial charge in [-0.1, -0.05) is 121 Å². The van der Waals surface area contributed by atoms with Gasteiger partial charge in [0.15, 0.2) is 0 Å². The third-order valence-corrected chi connectivity index (χ3v) is 12.5. The van der Waals surface area contributed by atoms with E-state index in [0.29, 0.717) is 0 Å². The van der Waals surface area contributed by atoms with Crippen molar-refractivity contribution in [2.45, 2.75) is 6.17 Å². The average Bonchev–Trinajstić information content (AvgIpc) is 3.90. The fourth-order valence-electron chi connectivity index (χ4n) is 8.82. The summed E-state index contributed by atoms with van der Waals surface area (Å²) >= 11 is 1.84. The molecule has 3 aromatic heterocycles. The molecule has 4 heterocycles. The Morgan fingerprint density at radius 1 is 0.455 bits per heavy atom. The molecule has 0 radical (unpaired) electrons. The van der Waals surface area contributed by atoms with Crippen LogP contribution in [0.15, 0.2) is 187 Å². The smallest absolute Gasteiger partial charge is 0.143 e. The van der Waals surface area contributed by atoms with Crippen LogP contribution in [-0.4, -0.2) is 15.0 Å². The minimum atomic E-state index is -0.190. The van der Waals surface area contributed by atoms with Crippen molar-refractivity contribution in [1.29, 1.82) is 0 Å². The normalized spacial score (nSPS) is 14.3. The van der Waals surface area contributed by atoms with Gasteiger partial charge in [-0.3, -0.25) is 0 Å². The summed E-state index contributed by atoms with van der Waals surface area (Å²) in [4.78, 5) is 6.73. The first-order valence-corrected chi connectivity index (χ1v) is 19.6. The van der Waals surface area contributed by atoms with Crippen molar-refractivity contribution in [2.24, 2.45) is 4.99 Å². The number of hydrogen-bond acceptors (Lipinski definition) is 3. The second-order valence-corrected chi connectivity index (χ2v) is 15.5. The highest BCUT2D eigenvalue weighted by atomic mass is 32.1. The molecule has 11 aromatic rings. The third kappa shape index (κ3) is 4.60. The molecule has 0 bridgehead atoms. The van der Waals surface area contributed by atoms with Crippen molar-refractivity contribution < 1.29 is 0 Å². The number of nitrogens with zero attached hydrogens (tertiary/aromatic N) is 3. The molecule has 0 spiro atoms. The lowest BCUT2D eigenvalue weighted by Crippen LogP contribution is -2.35. The highest BCUT2D eigenvalue weighted by molar-refractivity contribution is 7.20. The molecule has 0 aliphatic carbocycles. The molecule has 1 atom stereocenters. The van der Waals surface area contributed by atoms with Crippen molar-refractivity contribution >= 4 is 87.3 Å². The molecule has 1 N–H and O–H groups in total. The maximum Gasteiger partial charge on any atom is 0.143 e. The Hall–Kier alpha value is -6.95. The second kappa shape index (κ2) is 11.8. The number of para-hydroxylation sites is 3. The molecule has 0 saturated carbocycles. The molecule has 8 aromatic carbocycles. The highest BCUT2D eigenvalue weighted by Crippen LogP contribution is 2.48. The minimum absolute atomic E-state index is 0.190. The molecule has 4 nitrogen and oxygen atoms in total. The molecule has 12 rings (SSSR count). The molecule has 0 saturated heterocycles. The van der Waals surface area contributed by atoms with Crippen LogP contribution in [0.2, 0.25) is 0 Å². The molecule has 258 valence electrons. The Morgan fingerprint density at radius 3 is 1.91 bits per heavy atom. The number of thiophene rings is 1. The molecule has 1 aliphatic heterocycles. The first kappa shape index (κ1) is 30.5. The van der Waals surface area contributed by atoms with Gasteiger partial charge in [0.05, 0.1) is 32.6 Å². The summed E-state index contributed by atoms with van der Waals surface area (Å²) < 4.78 is 6.11. The van der Waals surface area contributed by atoms with E-state index >= 15 is 0 Å². The predicted molar refractivity (Wildman–Crippen MR) is 232 cm³/mol. The molecule has 1 unspecified atom stereocenters. The molecule has 55 heavy (non-hydrogen) atoms. The van der Waals surface area contributed by atoms with E-state index < -0.39 is 0 Å². The number of hydrogen-bond donors (Lipinski definition) is 1. The minimum Gasteiger partial charge on any atom is -0.345 e. The van der Waals surface area contributed by atoms with E-state index in [1.807, 2.05) is 11.3 Å². The Morgan fingerprint density at radius 2 is 1.09 bits per heavy atom. The Balaban J connectivity index is 1.11. The van der Waals surface area contributed by atoms with Crippen LogP contribution in [0.25, 0.3) is 81.3 Å². The SMILES string of the molecule is c1ccc(-c2ccc3c4c(sc3c2)C(n2c3ccccc3c3cc5ccccc5cc32)NC(c2ccc3c(c2)c2ccccc2n3-c2ccccc2)=N4)cc1. The number of aliphatic imine (C=N–C) groups is 1.